The van der Waals surface area contributed by atoms with Gasteiger partial charge in [0.05, 0.1) is 18.3 Å². The average molecular weight is 492 g/mol. The molecule has 1 atom stereocenters. The summed E-state index contributed by atoms with van der Waals surface area (Å²) in [7, 11) is 0. The van der Waals surface area contributed by atoms with Crippen LogP contribution < -0.4 is 4.74 Å². The van der Waals surface area contributed by atoms with E-state index in [1.807, 2.05) is 77.7 Å². The molecular formula is C27H23Cl2N3O2. The maximum absolute atomic E-state index is 13.6. The number of aromatic nitrogens is 2. The Kier molecular flexibility index (Phi) is 6.31. The number of nitrogens with zero attached hydrogens (tertiary/aromatic N) is 2. The second-order valence-electron chi connectivity index (χ2n) is 8.25. The number of carbonyl (C=O) groups excluding carboxylic acids is 1. The number of amides is 1. The lowest BCUT2D eigenvalue weighted by atomic mass is 9.95. The Bertz CT molecular complexity index is 1320. The van der Waals surface area contributed by atoms with Crippen molar-refractivity contribution in [2.45, 2.75) is 25.9 Å². The average Bonchev–Trinajstić information content (AvgIpc) is 3.39. The highest BCUT2D eigenvalue weighted by Gasteiger charge is 2.42. The maximum Gasteiger partial charge on any atom is 0.273 e. The van der Waals surface area contributed by atoms with Gasteiger partial charge in [0.15, 0.2) is 0 Å². The van der Waals surface area contributed by atoms with E-state index in [4.69, 9.17) is 27.9 Å². The van der Waals surface area contributed by atoms with Gasteiger partial charge in [-0.2, -0.15) is 5.10 Å². The highest BCUT2D eigenvalue weighted by Crippen LogP contribution is 2.44. The van der Waals surface area contributed by atoms with Crippen LogP contribution in [0.3, 0.4) is 0 Å². The van der Waals surface area contributed by atoms with Gasteiger partial charge in [-0.3, -0.25) is 9.89 Å². The summed E-state index contributed by atoms with van der Waals surface area (Å²) >= 11 is 12.2. The fraction of sp³-hybridized carbons (Fsp3) is 0.185. The van der Waals surface area contributed by atoms with Crippen LogP contribution in [0.5, 0.6) is 5.75 Å². The van der Waals surface area contributed by atoms with Crippen LogP contribution in [0.1, 0.15) is 46.6 Å². The Morgan fingerprint density at radius 2 is 1.71 bits per heavy atom. The number of fused-ring (bicyclic) bond motifs is 1. The number of nitrogens with one attached hydrogen (secondary N) is 1. The van der Waals surface area contributed by atoms with E-state index >= 15 is 0 Å². The number of carbonyl (C=O) groups is 1. The Morgan fingerprint density at radius 1 is 1.00 bits per heavy atom. The highest BCUT2D eigenvalue weighted by molar-refractivity contribution is 6.30. The maximum atomic E-state index is 13.6. The SMILES string of the molecule is CCCOc1cccc(C2c3c(-c4ccc(Cl)cc4)n[nH]c3C(=O)N2Cc2ccc(Cl)cc2)c1. The van der Waals surface area contributed by atoms with Gasteiger partial charge in [0, 0.05) is 27.7 Å². The minimum Gasteiger partial charge on any atom is -0.494 e. The van der Waals surface area contributed by atoms with Crippen molar-refractivity contribution in [1.82, 2.24) is 15.1 Å². The summed E-state index contributed by atoms with van der Waals surface area (Å²) < 4.78 is 5.89. The quantitative estimate of drug-likeness (QED) is 0.305. The molecule has 1 N–H and O–H groups in total. The van der Waals surface area contributed by atoms with Crippen molar-refractivity contribution in [3.8, 4) is 17.0 Å². The van der Waals surface area contributed by atoms with Crippen LogP contribution in [0.4, 0.5) is 0 Å². The van der Waals surface area contributed by atoms with E-state index in [1.54, 1.807) is 0 Å². The Hall–Kier alpha value is -3.28. The van der Waals surface area contributed by atoms with Gasteiger partial charge in [0.1, 0.15) is 11.4 Å². The van der Waals surface area contributed by atoms with Crippen LogP contribution in [-0.4, -0.2) is 27.6 Å². The summed E-state index contributed by atoms with van der Waals surface area (Å²) in [6.45, 7) is 3.14. The third-order valence-electron chi connectivity index (χ3n) is 5.89. The number of aromatic amines is 1. The second-order valence-corrected chi connectivity index (χ2v) is 9.12. The zero-order valence-electron chi connectivity index (χ0n) is 18.6. The third-order valence-corrected chi connectivity index (χ3v) is 6.40. The van der Waals surface area contributed by atoms with Crippen molar-refractivity contribution in [2.24, 2.45) is 0 Å². The van der Waals surface area contributed by atoms with Crippen molar-refractivity contribution < 1.29 is 9.53 Å². The van der Waals surface area contributed by atoms with Crippen molar-refractivity contribution >= 4 is 29.1 Å². The smallest absolute Gasteiger partial charge is 0.273 e. The first-order valence-corrected chi connectivity index (χ1v) is 11.9. The number of halogens is 2. The highest BCUT2D eigenvalue weighted by atomic mass is 35.5. The van der Waals surface area contributed by atoms with E-state index in [0.29, 0.717) is 28.9 Å². The Balaban J connectivity index is 1.61. The zero-order chi connectivity index (χ0) is 23.7. The number of hydrogen-bond acceptors (Lipinski definition) is 3. The molecule has 0 saturated carbocycles. The Labute approximate surface area is 208 Å². The van der Waals surface area contributed by atoms with Gasteiger partial charge in [-0.05, 0) is 53.9 Å². The van der Waals surface area contributed by atoms with Gasteiger partial charge in [0.25, 0.3) is 5.91 Å². The van der Waals surface area contributed by atoms with Gasteiger partial charge in [0.2, 0.25) is 0 Å². The van der Waals surface area contributed by atoms with Gasteiger partial charge in [-0.1, -0.05) is 66.5 Å². The number of benzene rings is 3. The molecule has 0 radical (unpaired) electrons. The number of hydrogen-bond donors (Lipinski definition) is 1. The van der Waals surface area contributed by atoms with Crippen molar-refractivity contribution in [3.63, 3.8) is 0 Å². The summed E-state index contributed by atoms with van der Waals surface area (Å²) in [5.74, 6) is 0.686. The minimum atomic E-state index is -0.326. The lowest BCUT2D eigenvalue weighted by Gasteiger charge is -2.27. The number of ether oxygens (including phenoxy) is 1. The molecule has 5 nitrogen and oxygen atoms in total. The number of H-pyrrole nitrogens is 1. The van der Waals surface area contributed by atoms with Gasteiger partial charge in [-0.25, -0.2) is 0 Å². The molecule has 5 rings (SSSR count). The van der Waals surface area contributed by atoms with Crippen LogP contribution in [0.15, 0.2) is 72.8 Å². The lowest BCUT2D eigenvalue weighted by Crippen LogP contribution is -2.29. The molecule has 1 unspecified atom stereocenters. The molecule has 0 saturated heterocycles. The molecule has 1 amide bonds. The van der Waals surface area contributed by atoms with Crippen LogP contribution in [0.25, 0.3) is 11.3 Å². The summed E-state index contributed by atoms with van der Waals surface area (Å²) in [5, 5.41) is 8.83. The first kappa shape index (κ1) is 22.5. The summed E-state index contributed by atoms with van der Waals surface area (Å²) in [4.78, 5) is 15.4. The normalized spacial score (nSPS) is 15.0. The molecule has 0 fully saturated rings. The topological polar surface area (TPSA) is 58.2 Å². The Morgan fingerprint density at radius 3 is 2.41 bits per heavy atom. The van der Waals surface area contributed by atoms with Gasteiger partial charge < -0.3 is 9.64 Å². The van der Waals surface area contributed by atoms with E-state index in [1.165, 1.54) is 0 Å². The molecule has 0 spiro atoms. The molecule has 3 aromatic carbocycles. The van der Waals surface area contributed by atoms with Crippen LogP contribution in [0.2, 0.25) is 10.0 Å². The molecule has 1 aliphatic heterocycles. The van der Waals surface area contributed by atoms with E-state index in [2.05, 4.69) is 17.1 Å². The summed E-state index contributed by atoms with van der Waals surface area (Å²) in [6.07, 6.45) is 0.918. The first-order valence-electron chi connectivity index (χ1n) is 11.2. The van der Waals surface area contributed by atoms with Crippen molar-refractivity contribution in [3.05, 3.63) is 105 Å². The molecule has 0 bridgehead atoms. The first-order chi connectivity index (χ1) is 16.5. The van der Waals surface area contributed by atoms with Crippen LogP contribution >= 0.6 is 23.2 Å². The van der Waals surface area contributed by atoms with Crippen LogP contribution in [0, 0.1) is 0 Å². The fourth-order valence-corrected chi connectivity index (χ4v) is 4.57. The standard InChI is InChI=1S/C27H23Cl2N3O2/c1-2-14-34-22-5-3-4-19(15-22)26-23-24(18-8-12-21(29)13-9-18)30-31-25(23)27(33)32(26)16-17-6-10-20(28)11-7-17/h3-13,15,26H,2,14,16H2,1H3,(H,30,31). The van der Waals surface area contributed by atoms with Gasteiger partial charge in [-0.15, -0.1) is 0 Å². The zero-order valence-corrected chi connectivity index (χ0v) is 20.1. The predicted octanol–water partition coefficient (Wildman–Crippen LogP) is 6.92. The molecular weight excluding hydrogens is 469 g/mol. The fourth-order valence-electron chi connectivity index (χ4n) is 4.31. The molecule has 34 heavy (non-hydrogen) atoms. The molecule has 1 aliphatic rings. The van der Waals surface area contributed by atoms with E-state index < -0.39 is 0 Å². The largest absolute Gasteiger partial charge is 0.494 e. The van der Waals surface area contributed by atoms with Crippen molar-refractivity contribution in [1.29, 1.82) is 0 Å². The number of rotatable bonds is 7. The molecule has 1 aromatic heterocycles. The van der Waals surface area contributed by atoms with Crippen LogP contribution in [-0.2, 0) is 6.54 Å². The molecule has 7 heteroatoms. The third kappa shape index (κ3) is 4.29. The van der Waals surface area contributed by atoms with Gasteiger partial charge >= 0.3 is 0 Å². The molecule has 4 aromatic rings. The molecule has 0 aliphatic carbocycles. The van der Waals surface area contributed by atoms with E-state index in [-0.39, 0.29) is 11.9 Å². The summed E-state index contributed by atoms with van der Waals surface area (Å²) in [6, 6.07) is 22.7. The molecule has 2 heterocycles. The van der Waals surface area contributed by atoms with E-state index in [9.17, 15) is 4.79 Å². The summed E-state index contributed by atoms with van der Waals surface area (Å²) in [5.41, 5.74) is 4.95. The lowest BCUT2D eigenvalue weighted by molar-refractivity contribution is 0.0730. The molecule has 172 valence electrons. The predicted molar refractivity (Wildman–Crippen MR) is 134 cm³/mol. The van der Waals surface area contributed by atoms with E-state index in [0.717, 1.165) is 40.1 Å². The van der Waals surface area contributed by atoms with Crippen molar-refractivity contribution in [2.75, 3.05) is 6.61 Å². The minimum absolute atomic E-state index is 0.0949. The monoisotopic (exact) mass is 491 g/mol. The second kappa shape index (κ2) is 9.53.